The second-order valence-electron chi connectivity index (χ2n) is 7.24. The number of carbonyl (C=O) groups excluding carboxylic acids is 1. The normalized spacial score (nSPS) is 18.6. The molecule has 0 radical (unpaired) electrons. The van der Waals surface area contributed by atoms with E-state index in [9.17, 15) is 9.90 Å². The van der Waals surface area contributed by atoms with Crippen LogP contribution in [0.25, 0.3) is 5.70 Å². The molecule has 158 valence electrons. The average molecular weight is 442 g/mol. The van der Waals surface area contributed by atoms with Crippen molar-refractivity contribution in [3.8, 4) is 11.5 Å². The van der Waals surface area contributed by atoms with E-state index in [1.165, 1.54) is 18.9 Å². The first-order valence-corrected chi connectivity index (χ1v) is 10.9. The van der Waals surface area contributed by atoms with Gasteiger partial charge in [-0.1, -0.05) is 66.4 Å². The highest BCUT2D eigenvalue weighted by molar-refractivity contribution is 8.14. The molecule has 5 rings (SSSR count). The number of thioether (sulfide) groups is 1. The van der Waals surface area contributed by atoms with E-state index < -0.39 is 0 Å². The summed E-state index contributed by atoms with van der Waals surface area (Å²) in [5.41, 5.74) is 4.44. The maximum absolute atomic E-state index is 12.6. The lowest BCUT2D eigenvalue weighted by Gasteiger charge is -2.20. The maximum atomic E-state index is 12.6. The zero-order valence-corrected chi connectivity index (χ0v) is 18.0. The molecule has 0 saturated heterocycles. The first-order chi connectivity index (χ1) is 15.6. The summed E-state index contributed by atoms with van der Waals surface area (Å²) in [6.07, 6.45) is 2.04. The van der Waals surface area contributed by atoms with Crippen LogP contribution in [0.4, 0.5) is 5.69 Å². The lowest BCUT2D eigenvalue weighted by Crippen LogP contribution is -2.16. The van der Waals surface area contributed by atoms with Crippen molar-refractivity contribution >= 4 is 39.9 Å². The van der Waals surface area contributed by atoms with E-state index in [0.717, 1.165) is 28.1 Å². The molecule has 2 heterocycles. The molecule has 0 fully saturated rings. The predicted molar refractivity (Wildman–Crippen MR) is 128 cm³/mol. The van der Waals surface area contributed by atoms with Crippen molar-refractivity contribution in [2.45, 2.75) is 5.25 Å². The van der Waals surface area contributed by atoms with Crippen molar-refractivity contribution in [1.82, 2.24) is 0 Å². The SMILES string of the molecule is COc1ccc(C2C=C(c3ccccc3)N=C(N=C3C(=O)Nc4ccccc43)S2)cc1O. The number of nitrogens with zero attached hydrogens (tertiary/aromatic N) is 2. The van der Waals surface area contributed by atoms with Crippen molar-refractivity contribution < 1.29 is 14.6 Å². The molecular weight excluding hydrogens is 422 g/mol. The van der Waals surface area contributed by atoms with Gasteiger partial charge in [-0.05, 0) is 35.4 Å². The molecule has 3 aromatic rings. The lowest BCUT2D eigenvalue weighted by atomic mass is 10.1. The van der Waals surface area contributed by atoms with Gasteiger partial charge in [-0.2, -0.15) is 0 Å². The molecule has 0 bridgehead atoms. The Morgan fingerprint density at radius 1 is 1.06 bits per heavy atom. The highest BCUT2D eigenvalue weighted by atomic mass is 32.2. The lowest BCUT2D eigenvalue weighted by molar-refractivity contribution is -0.110. The third-order valence-electron chi connectivity index (χ3n) is 5.21. The second-order valence-corrected chi connectivity index (χ2v) is 8.35. The number of anilines is 1. The van der Waals surface area contributed by atoms with Crippen molar-refractivity contribution in [3.05, 3.63) is 95.6 Å². The van der Waals surface area contributed by atoms with Gasteiger partial charge in [0.2, 0.25) is 0 Å². The van der Waals surface area contributed by atoms with Crippen LogP contribution in [0.5, 0.6) is 11.5 Å². The molecule has 2 aliphatic heterocycles. The number of rotatable bonds is 3. The number of para-hydroxylation sites is 1. The van der Waals surface area contributed by atoms with Crippen molar-refractivity contribution in [2.24, 2.45) is 9.98 Å². The predicted octanol–water partition coefficient (Wildman–Crippen LogP) is 5.03. The van der Waals surface area contributed by atoms with Gasteiger partial charge in [-0.15, -0.1) is 0 Å². The number of carbonyl (C=O) groups is 1. The Balaban J connectivity index is 1.57. The number of amides is 1. The van der Waals surface area contributed by atoms with Crippen LogP contribution < -0.4 is 10.1 Å². The van der Waals surface area contributed by atoms with E-state index in [4.69, 9.17) is 9.73 Å². The average Bonchev–Trinajstić information content (AvgIpc) is 3.14. The van der Waals surface area contributed by atoms with Gasteiger partial charge in [0, 0.05) is 5.56 Å². The summed E-state index contributed by atoms with van der Waals surface area (Å²) in [6, 6.07) is 22.6. The number of phenols is 1. The Morgan fingerprint density at radius 3 is 2.62 bits per heavy atom. The molecule has 0 saturated carbocycles. The van der Waals surface area contributed by atoms with E-state index in [2.05, 4.69) is 10.3 Å². The van der Waals surface area contributed by atoms with Crippen LogP contribution in [0.3, 0.4) is 0 Å². The van der Waals surface area contributed by atoms with E-state index >= 15 is 0 Å². The number of benzene rings is 3. The number of ether oxygens (including phenoxy) is 1. The highest BCUT2D eigenvalue weighted by Crippen LogP contribution is 2.42. The fraction of sp³-hybridized carbons (Fsp3) is 0.0800. The van der Waals surface area contributed by atoms with E-state index in [1.807, 2.05) is 66.7 Å². The fourth-order valence-corrected chi connectivity index (χ4v) is 4.64. The minimum absolute atomic E-state index is 0.0692. The number of aliphatic imine (C=N–C) groups is 2. The number of hydrogen-bond acceptors (Lipinski definition) is 6. The third-order valence-corrected chi connectivity index (χ3v) is 6.27. The molecule has 6 nitrogen and oxygen atoms in total. The monoisotopic (exact) mass is 441 g/mol. The Morgan fingerprint density at radius 2 is 1.84 bits per heavy atom. The number of hydrogen-bond donors (Lipinski definition) is 2. The van der Waals surface area contributed by atoms with Gasteiger partial charge in [0.25, 0.3) is 5.91 Å². The molecule has 1 amide bonds. The van der Waals surface area contributed by atoms with Gasteiger partial charge in [-0.25, -0.2) is 9.98 Å². The summed E-state index contributed by atoms with van der Waals surface area (Å²) in [4.78, 5) is 22.0. The first kappa shape index (κ1) is 20.1. The van der Waals surface area contributed by atoms with Crippen molar-refractivity contribution in [3.63, 3.8) is 0 Å². The molecule has 32 heavy (non-hydrogen) atoms. The Kier molecular flexibility index (Phi) is 5.25. The van der Waals surface area contributed by atoms with E-state index in [0.29, 0.717) is 16.6 Å². The van der Waals surface area contributed by atoms with Crippen molar-refractivity contribution in [2.75, 3.05) is 12.4 Å². The summed E-state index contributed by atoms with van der Waals surface area (Å²) in [5, 5.41) is 13.5. The van der Waals surface area contributed by atoms with E-state index in [-0.39, 0.29) is 16.9 Å². The summed E-state index contributed by atoms with van der Waals surface area (Å²) >= 11 is 1.42. The number of fused-ring (bicyclic) bond motifs is 1. The molecular formula is C25H19N3O3S. The Labute approximate surface area is 189 Å². The maximum Gasteiger partial charge on any atom is 0.275 e. The minimum atomic E-state index is -0.246. The largest absolute Gasteiger partial charge is 0.504 e. The van der Waals surface area contributed by atoms with Crippen LogP contribution in [0.15, 0.2) is 88.9 Å². The molecule has 2 aliphatic rings. The third kappa shape index (κ3) is 3.78. The van der Waals surface area contributed by atoms with Crippen LogP contribution in [-0.2, 0) is 4.79 Å². The molecule has 2 N–H and O–H groups in total. The van der Waals surface area contributed by atoms with Gasteiger partial charge in [0.05, 0.1) is 23.7 Å². The van der Waals surface area contributed by atoms with Crippen LogP contribution in [0.1, 0.15) is 21.9 Å². The van der Waals surface area contributed by atoms with Crippen LogP contribution in [-0.4, -0.2) is 29.0 Å². The van der Waals surface area contributed by atoms with Crippen LogP contribution in [0.2, 0.25) is 0 Å². The summed E-state index contributed by atoms with van der Waals surface area (Å²) < 4.78 is 5.17. The van der Waals surface area contributed by atoms with Gasteiger partial charge >= 0.3 is 0 Å². The quantitative estimate of drug-likeness (QED) is 0.597. The molecule has 0 aromatic heterocycles. The fourth-order valence-electron chi connectivity index (χ4n) is 3.64. The smallest absolute Gasteiger partial charge is 0.275 e. The van der Waals surface area contributed by atoms with Crippen molar-refractivity contribution in [1.29, 1.82) is 0 Å². The molecule has 7 heteroatoms. The number of phenolic OH excluding ortho intramolecular Hbond substituents is 1. The topological polar surface area (TPSA) is 83.3 Å². The molecule has 0 aliphatic carbocycles. The van der Waals surface area contributed by atoms with Gasteiger partial charge < -0.3 is 15.2 Å². The molecule has 0 spiro atoms. The minimum Gasteiger partial charge on any atom is -0.504 e. The highest BCUT2D eigenvalue weighted by Gasteiger charge is 2.28. The number of aromatic hydroxyl groups is 1. The zero-order valence-electron chi connectivity index (χ0n) is 17.1. The molecule has 1 unspecified atom stereocenters. The second kappa shape index (κ2) is 8.36. The Hall–Kier alpha value is -3.84. The first-order valence-electron chi connectivity index (χ1n) is 10.0. The number of amidine groups is 1. The zero-order chi connectivity index (χ0) is 22.1. The Bertz CT molecular complexity index is 1300. The number of nitrogens with one attached hydrogen (secondary N) is 1. The van der Waals surface area contributed by atoms with Gasteiger partial charge in [0.15, 0.2) is 16.7 Å². The van der Waals surface area contributed by atoms with Crippen LogP contribution in [0, 0.1) is 0 Å². The van der Waals surface area contributed by atoms with Crippen LogP contribution >= 0.6 is 11.8 Å². The number of methoxy groups -OCH3 is 1. The van der Waals surface area contributed by atoms with Gasteiger partial charge in [-0.3, -0.25) is 4.79 Å². The molecule has 1 atom stereocenters. The summed E-state index contributed by atoms with van der Waals surface area (Å²) in [5.74, 6) is 0.235. The van der Waals surface area contributed by atoms with Gasteiger partial charge in [0.1, 0.15) is 5.71 Å². The summed E-state index contributed by atoms with van der Waals surface area (Å²) in [6.45, 7) is 0. The standard InChI is InChI=1S/C25H19N3O3S/c1-31-21-12-11-16(13-20(21)29)22-14-19(15-7-3-2-4-8-15)27-25(32-22)28-23-17-9-5-6-10-18(17)26-24(23)30/h2-14,22,29H,1H3,(H,26,27,28,30). The summed E-state index contributed by atoms with van der Waals surface area (Å²) in [7, 11) is 1.52. The van der Waals surface area contributed by atoms with E-state index in [1.54, 1.807) is 12.1 Å². The molecule has 3 aromatic carbocycles.